The number of rotatable bonds is 0. The van der Waals surface area contributed by atoms with E-state index in [0.29, 0.717) is 6.10 Å². The minimum Gasteiger partial charge on any atom is -0.381 e. The van der Waals surface area contributed by atoms with Crippen molar-refractivity contribution < 1.29 is 9.47 Å². The third-order valence-electron chi connectivity index (χ3n) is 2.51. The Bertz CT molecular complexity index is 112. The van der Waals surface area contributed by atoms with Crippen LogP contribution in [0.4, 0.5) is 0 Å². The van der Waals surface area contributed by atoms with Gasteiger partial charge in [0.05, 0.1) is 11.7 Å². The Labute approximate surface area is 61.5 Å². The standard InChI is InChI=1S/C8H14O2/c1-7-6-8(10-7)2-4-9-5-3-8/h7H,2-6H2,1H3. The van der Waals surface area contributed by atoms with E-state index < -0.39 is 0 Å². The van der Waals surface area contributed by atoms with Crippen LogP contribution < -0.4 is 0 Å². The van der Waals surface area contributed by atoms with Gasteiger partial charge in [0.15, 0.2) is 0 Å². The van der Waals surface area contributed by atoms with Crippen LogP contribution in [0.25, 0.3) is 0 Å². The minimum absolute atomic E-state index is 0.248. The van der Waals surface area contributed by atoms with Crippen LogP contribution in [-0.2, 0) is 9.47 Å². The number of hydrogen-bond donors (Lipinski definition) is 0. The Morgan fingerprint density at radius 2 is 1.90 bits per heavy atom. The van der Waals surface area contributed by atoms with Crippen molar-refractivity contribution in [1.82, 2.24) is 0 Å². The lowest BCUT2D eigenvalue weighted by Crippen LogP contribution is -2.52. The van der Waals surface area contributed by atoms with Crippen molar-refractivity contribution in [2.45, 2.75) is 37.9 Å². The first-order valence-corrected chi connectivity index (χ1v) is 4.06. The summed E-state index contributed by atoms with van der Waals surface area (Å²) < 4.78 is 10.9. The predicted octanol–water partition coefficient (Wildman–Crippen LogP) is 1.34. The summed E-state index contributed by atoms with van der Waals surface area (Å²) in [4.78, 5) is 0. The van der Waals surface area contributed by atoms with Gasteiger partial charge in [0, 0.05) is 19.6 Å². The summed E-state index contributed by atoms with van der Waals surface area (Å²) in [7, 11) is 0. The maximum absolute atomic E-state index is 5.69. The third kappa shape index (κ3) is 0.956. The fraction of sp³-hybridized carbons (Fsp3) is 1.00. The maximum atomic E-state index is 5.69. The van der Waals surface area contributed by atoms with Gasteiger partial charge in [-0.05, 0) is 19.8 Å². The van der Waals surface area contributed by atoms with Gasteiger partial charge in [-0.2, -0.15) is 0 Å². The molecule has 2 saturated heterocycles. The van der Waals surface area contributed by atoms with Crippen LogP contribution in [0.3, 0.4) is 0 Å². The SMILES string of the molecule is CC1CC2(CCOCC2)O1. The molecular formula is C8H14O2. The first-order chi connectivity index (χ1) is 4.81. The number of hydrogen-bond acceptors (Lipinski definition) is 2. The van der Waals surface area contributed by atoms with Gasteiger partial charge < -0.3 is 9.47 Å². The zero-order valence-corrected chi connectivity index (χ0v) is 6.43. The lowest BCUT2D eigenvalue weighted by atomic mass is 9.83. The van der Waals surface area contributed by atoms with E-state index in [1.54, 1.807) is 0 Å². The molecule has 2 nitrogen and oxygen atoms in total. The van der Waals surface area contributed by atoms with Crippen LogP contribution in [0.5, 0.6) is 0 Å². The van der Waals surface area contributed by atoms with E-state index >= 15 is 0 Å². The molecule has 0 radical (unpaired) electrons. The molecule has 2 fully saturated rings. The van der Waals surface area contributed by atoms with Gasteiger partial charge in [-0.3, -0.25) is 0 Å². The Morgan fingerprint density at radius 1 is 1.30 bits per heavy atom. The summed E-state index contributed by atoms with van der Waals surface area (Å²) in [6.07, 6.45) is 3.96. The molecule has 2 heteroatoms. The van der Waals surface area contributed by atoms with Crippen LogP contribution in [0.2, 0.25) is 0 Å². The van der Waals surface area contributed by atoms with Crippen molar-refractivity contribution in [3.05, 3.63) is 0 Å². The van der Waals surface area contributed by atoms with Crippen molar-refractivity contribution >= 4 is 0 Å². The average molecular weight is 142 g/mol. The van der Waals surface area contributed by atoms with E-state index in [1.807, 2.05) is 0 Å². The monoisotopic (exact) mass is 142 g/mol. The van der Waals surface area contributed by atoms with Gasteiger partial charge in [-0.1, -0.05) is 0 Å². The van der Waals surface area contributed by atoms with Crippen LogP contribution in [0.15, 0.2) is 0 Å². The highest BCUT2D eigenvalue weighted by molar-refractivity contribution is 4.93. The highest BCUT2D eigenvalue weighted by Gasteiger charge is 2.44. The molecule has 2 aliphatic rings. The fourth-order valence-electron chi connectivity index (χ4n) is 2.01. The zero-order valence-electron chi connectivity index (χ0n) is 6.43. The molecule has 10 heavy (non-hydrogen) atoms. The van der Waals surface area contributed by atoms with Gasteiger partial charge in [0.1, 0.15) is 0 Å². The maximum Gasteiger partial charge on any atom is 0.0754 e. The molecule has 0 aromatic rings. The third-order valence-corrected chi connectivity index (χ3v) is 2.51. The molecule has 0 aliphatic carbocycles. The Balaban J connectivity index is 1.90. The van der Waals surface area contributed by atoms with Crippen LogP contribution >= 0.6 is 0 Å². The Kier molecular flexibility index (Phi) is 1.46. The molecule has 0 saturated carbocycles. The van der Waals surface area contributed by atoms with Crippen LogP contribution in [-0.4, -0.2) is 24.9 Å². The van der Waals surface area contributed by atoms with Crippen molar-refractivity contribution in [2.75, 3.05) is 13.2 Å². The van der Waals surface area contributed by atoms with E-state index in [9.17, 15) is 0 Å². The highest BCUT2D eigenvalue weighted by Crippen LogP contribution is 2.40. The first-order valence-electron chi connectivity index (χ1n) is 4.06. The van der Waals surface area contributed by atoms with Gasteiger partial charge in [-0.15, -0.1) is 0 Å². The molecule has 0 aromatic carbocycles. The lowest BCUT2D eigenvalue weighted by Gasteiger charge is -2.48. The molecule has 0 N–H and O–H groups in total. The second-order valence-corrected chi connectivity index (χ2v) is 3.43. The fourth-order valence-corrected chi connectivity index (χ4v) is 2.01. The molecule has 2 aliphatic heterocycles. The first kappa shape index (κ1) is 6.62. The molecule has 58 valence electrons. The van der Waals surface area contributed by atoms with Crippen LogP contribution in [0, 0.1) is 0 Å². The molecule has 1 atom stereocenters. The summed E-state index contributed by atoms with van der Waals surface area (Å²) in [5, 5.41) is 0. The summed E-state index contributed by atoms with van der Waals surface area (Å²) in [6.45, 7) is 3.93. The van der Waals surface area contributed by atoms with Gasteiger partial charge in [0.2, 0.25) is 0 Å². The topological polar surface area (TPSA) is 18.5 Å². The second-order valence-electron chi connectivity index (χ2n) is 3.43. The summed E-state index contributed by atoms with van der Waals surface area (Å²) >= 11 is 0. The van der Waals surface area contributed by atoms with Crippen molar-refractivity contribution in [2.24, 2.45) is 0 Å². The summed E-state index contributed by atoms with van der Waals surface area (Å²) in [5.74, 6) is 0. The van der Waals surface area contributed by atoms with Gasteiger partial charge >= 0.3 is 0 Å². The van der Waals surface area contributed by atoms with Crippen LogP contribution in [0.1, 0.15) is 26.2 Å². The largest absolute Gasteiger partial charge is 0.381 e. The second kappa shape index (κ2) is 2.21. The molecule has 1 spiro atoms. The van der Waals surface area contributed by atoms with Crippen molar-refractivity contribution in [3.8, 4) is 0 Å². The molecule has 0 aromatic heterocycles. The van der Waals surface area contributed by atoms with Crippen molar-refractivity contribution in [3.63, 3.8) is 0 Å². The molecule has 0 bridgehead atoms. The Morgan fingerprint density at radius 3 is 2.40 bits per heavy atom. The summed E-state index contributed by atoms with van der Waals surface area (Å²) in [6, 6.07) is 0. The van der Waals surface area contributed by atoms with Gasteiger partial charge in [-0.25, -0.2) is 0 Å². The minimum atomic E-state index is 0.248. The van der Waals surface area contributed by atoms with E-state index in [0.717, 1.165) is 26.1 Å². The predicted molar refractivity (Wildman–Crippen MR) is 37.9 cm³/mol. The van der Waals surface area contributed by atoms with Gasteiger partial charge in [0.25, 0.3) is 0 Å². The quantitative estimate of drug-likeness (QED) is 0.508. The summed E-state index contributed by atoms with van der Waals surface area (Å²) in [5.41, 5.74) is 0.248. The molecule has 2 heterocycles. The van der Waals surface area contributed by atoms with E-state index in [-0.39, 0.29) is 5.60 Å². The molecular weight excluding hydrogens is 128 g/mol. The van der Waals surface area contributed by atoms with E-state index in [4.69, 9.17) is 9.47 Å². The lowest BCUT2D eigenvalue weighted by molar-refractivity contribution is -0.229. The highest BCUT2D eigenvalue weighted by atomic mass is 16.5. The Hall–Kier alpha value is -0.0800. The zero-order chi connectivity index (χ0) is 7.03. The average Bonchev–Trinajstić information content (AvgIpc) is 1.87. The molecule has 2 rings (SSSR count). The smallest absolute Gasteiger partial charge is 0.0754 e. The molecule has 1 unspecified atom stereocenters. The molecule has 0 amide bonds. The van der Waals surface area contributed by atoms with Crippen molar-refractivity contribution in [1.29, 1.82) is 0 Å². The number of ether oxygens (including phenoxy) is 2. The van der Waals surface area contributed by atoms with E-state index in [1.165, 1.54) is 6.42 Å². The van der Waals surface area contributed by atoms with E-state index in [2.05, 4.69) is 6.92 Å². The normalized spacial score (nSPS) is 37.5.